The first-order chi connectivity index (χ1) is 13.2. The number of hydrogen-bond donors (Lipinski definition) is 1. The zero-order valence-electron chi connectivity index (χ0n) is 17.3. The quantitative estimate of drug-likeness (QED) is 0.735. The van der Waals surface area contributed by atoms with Crippen LogP contribution in [0.15, 0.2) is 18.2 Å². The summed E-state index contributed by atoms with van der Waals surface area (Å²) in [5, 5.41) is 3.65. The minimum absolute atomic E-state index is 0.105. The number of nitrogens with one attached hydrogen (secondary N) is 1. The average molecular weight is 407 g/mol. The highest BCUT2D eigenvalue weighted by molar-refractivity contribution is 6.30. The van der Waals surface area contributed by atoms with Crippen molar-refractivity contribution in [3.8, 4) is 0 Å². The first-order valence-electron chi connectivity index (χ1n) is 10.1. The monoisotopic (exact) mass is 406 g/mol. The third kappa shape index (κ3) is 4.44. The van der Waals surface area contributed by atoms with Gasteiger partial charge in [-0.1, -0.05) is 31.5 Å². The van der Waals surface area contributed by atoms with Gasteiger partial charge in [0, 0.05) is 36.9 Å². The number of nitrogens with zero attached hydrogens (tertiary/aromatic N) is 3. The van der Waals surface area contributed by atoms with Crippen molar-refractivity contribution in [2.75, 3.05) is 37.7 Å². The van der Waals surface area contributed by atoms with E-state index in [9.17, 15) is 9.59 Å². The molecular formula is C21H31ClN4O2. The number of benzene rings is 1. The molecule has 3 amide bonds. The number of amides is 3. The van der Waals surface area contributed by atoms with E-state index >= 15 is 0 Å². The highest BCUT2D eigenvalue weighted by Gasteiger charge is 2.47. The Hall–Kier alpha value is -1.79. The molecular weight excluding hydrogens is 376 g/mol. The Morgan fingerprint density at radius 3 is 2.50 bits per heavy atom. The van der Waals surface area contributed by atoms with Crippen LogP contribution in [0.4, 0.5) is 10.5 Å². The SMILES string of the molecule is Cc1ccc(Cl)cc1N1CCN(CN2C(=O)N[C@@](C)(CCC(C)C)C2=O)CC1. The van der Waals surface area contributed by atoms with Gasteiger partial charge in [0.05, 0.1) is 6.67 Å². The van der Waals surface area contributed by atoms with Crippen LogP contribution >= 0.6 is 11.6 Å². The lowest BCUT2D eigenvalue weighted by Crippen LogP contribution is -2.52. The second-order valence-electron chi connectivity index (χ2n) is 8.61. The van der Waals surface area contributed by atoms with Gasteiger partial charge in [0.15, 0.2) is 0 Å². The molecule has 154 valence electrons. The number of carbonyl (C=O) groups is 2. The number of imide groups is 1. The lowest BCUT2D eigenvalue weighted by molar-refractivity contribution is -0.132. The third-order valence-corrected chi connectivity index (χ3v) is 6.03. The van der Waals surface area contributed by atoms with Crippen LogP contribution in [0, 0.1) is 12.8 Å². The van der Waals surface area contributed by atoms with E-state index in [4.69, 9.17) is 11.6 Å². The van der Waals surface area contributed by atoms with E-state index in [2.05, 4.69) is 35.9 Å². The number of hydrogen-bond acceptors (Lipinski definition) is 4. The van der Waals surface area contributed by atoms with Crippen molar-refractivity contribution < 1.29 is 9.59 Å². The molecule has 28 heavy (non-hydrogen) atoms. The molecule has 3 rings (SSSR count). The molecule has 0 saturated carbocycles. The van der Waals surface area contributed by atoms with Crippen LogP contribution in [0.5, 0.6) is 0 Å². The van der Waals surface area contributed by atoms with Gasteiger partial charge in [0.1, 0.15) is 5.54 Å². The van der Waals surface area contributed by atoms with Gasteiger partial charge in [-0.2, -0.15) is 0 Å². The maximum absolute atomic E-state index is 12.9. The van der Waals surface area contributed by atoms with E-state index in [0.717, 1.165) is 43.3 Å². The Labute approximate surface area is 172 Å². The fourth-order valence-electron chi connectivity index (χ4n) is 3.88. The number of piperazine rings is 1. The van der Waals surface area contributed by atoms with Crippen LogP contribution in [0.2, 0.25) is 5.02 Å². The molecule has 0 radical (unpaired) electrons. The smallest absolute Gasteiger partial charge is 0.326 e. The van der Waals surface area contributed by atoms with Crippen molar-refractivity contribution in [1.82, 2.24) is 15.1 Å². The predicted octanol–water partition coefficient (Wildman–Crippen LogP) is 3.47. The van der Waals surface area contributed by atoms with Crippen molar-refractivity contribution >= 4 is 29.2 Å². The van der Waals surface area contributed by atoms with Gasteiger partial charge < -0.3 is 10.2 Å². The van der Waals surface area contributed by atoms with Crippen LogP contribution in [-0.2, 0) is 4.79 Å². The minimum atomic E-state index is -0.777. The summed E-state index contributed by atoms with van der Waals surface area (Å²) in [6.07, 6.45) is 1.58. The van der Waals surface area contributed by atoms with Crippen LogP contribution in [0.3, 0.4) is 0 Å². The highest BCUT2D eigenvalue weighted by atomic mass is 35.5. The molecule has 2 fully saturated rings. The number of rotatable bonds is 6. The summed E-state index contributed by atoms with van der Waals surface area (Å²) in [6.45, 7) is 11.8. The van der Waals surface area contributed by atoms with Gasteiger partial charge >= 0.3 is 6.03 Å². The molecule has 0 bridgehead atoms. The first kappa shape index (κ1) is 20.9. The van der Waals surface area contributed by atoms with Gasteiger partial charge in [0.25, 0.3) is 5.91 Å². The number of halogens is 1. The summed E-state index contributed by atoms with van der Waals surface area (Å²) < 4.78 is 0. The molecule has 0 aromatic heterocycles. The third-order valence-electron chi connectivity index (χ3n) is 5.79. The molecule has 1 aromatic rings. The molecule has 0 unspecified atom stereocenters. The highest BCUT2D eigenvalue weighted by Crippen LogP contribution is 2.27. The summed E-state index contributed by atoms with van der Waals surface area (Å²) in [4.78, 5) is 31.2. The van der Waals surface area contributed by atoms with E-state index in [0.29, 0.717) is 19.0 Å². The molecule has 2 aliphatic heterocycles. The molecule has 2 saturated heterocycles. The Balaban J connectivity index is 1.58. The maximum Gasteiger partial charge on any atom is 0.326 e. The van der Waals surface area contributed by atoms with Gasteiger partial charge in [-0.05, 0) is 50.3 Å². The van der Waals surface area contributed by atoms with E-state index < -0.39 is 5.54 Å². The molecule has 1 atom stereocenters. The van der Waals surface area contributed by atoms with E-state index in [1.54, 1.807) is 0 Å². The predicted molar refractivity (Wildman–Crippen MR) is 113 cm³/mol. The van der Waals surface area contributed by atoms with Crippen LogP contribution in [0.25, 0.3) is 0 Å². The van der Waals surface area contributed by atoms with Gasteiger partial charge in [-0.25, -0.2) is 9.69 Å². The van der Waals surface area contributed by atoms with Crippen LogP contribution in [0.1, 0.15) is 39.2 Å². The van der Waals surface area contributed by atoms with Crippen molar-refractivity contribution in [2.45, 2.75) is 46.1 Å². The standard InChI is InChI=1S/C21H31ClN4O2/c1-15(2)7-8-21(4)19(27)26(20(28)23-21)14-24-9-11-25(12-10-24)18-13-17(22)6-5-16(18)3/h5-6,13,15H,7-12,14H2,1-4H3,(H,23,28)/t21-/m0/s1. The zero-order chi connectivity index (χ0) is 20.5. The molecule has 1 aromatic carbocycles. The normalized spacial score (nSPS) is 23.6. The number of aryl methyl sites for hydroxylation is 1. The van der Waals surface area contributed by atoms with Crippen molar-refractivity contribution in [2.24, 2.45) is 5.92 Å². The van der Waals surface area contributed by atoms with E-state index in [1.807, 2.05) is 25.1 Å². The minimum Gasteiger partial charge on any atom is -0.369 e. The molecule has 6 nitrogen and oxygen atoms in total. The van der Waals surface area contributed by atoms with Gasteiger partial charge in [0.2, 0.25) is 0 Å². The maximum atomic E-state index is 12.9. The number of carbonyl (C=O) groups excluding carboxylic acids is 2. The Morgan fingerprint density at radius 2 is 1.86 bits per heavy atom. The largest absolute Gasteiger partial charge is 0.369 e. The molecule has 2 heterocycles. The summed E-state index contributed by atoms with van der Waals surface area (Å²) in [5.41, 5.74) is 1.58. The van der Waals surface area contributed by atoms with Crippen molar-refractivity contribution in [1.29, 1.82) is 0 Å². The Kier molecular flexibility index (Phi) is 6.20. The van der Waals surface area contributed by atoms with E-state index in [1.165, 1.54) is 10.5 Å². The lowest BCUT2D eigenvalue weighted by atomic mass is 9.92. The van der Waals surface area contributed by atoms with Crippen LogP contribution in [-0.4, -0.2) is 60.1 Å². The van der Waals surface area contributed by atoms with Crippen molar-refractivity contribution in [3.05, 3.63) is 28.8 Å². The number of urea groups is 1. The summed E-state index contributed by atoms with van der Waals surface area (Å²) in [6, 6.07) is 5.67. The van der Waals surface area contributed by atoms with Crippen molar-refractivity contribution in [3.63, 3.8) is 0 Å². The molecule has 2 aliphatic rings. The lowest BCUT2D eigenvalue weighted by Gasteiger charge is -2.38. The summed E-state index contributed by atoms with van der Waals surface area (Å²) >= 11 is 6.16. The molecule has 0 aliphatic carbocycles. The van der Waals surface area contributed by atoms with Gasteiger partial charge in [-0.15, -0.1) is 0 Å². The van der Waals surface area contributed by atoms with Gasteiger partial charge in [-0.3, -0.25) is 9.69 Å². The second kappa shape index (κ2) is 8.29. The Morgan fingerprint density at radius 1 is 1.18 bits per heavy atom. The first-order valence-corrected chi connectivity index (χ1v) is 10.4. The van der Waals surface area contributed by atoms with E-state index in [-0.39, 0.29) is 11.9 Å². The average Bonchev–Trinajstić information content (AvgIpc) is 2.86. The topological polar surface area (TPSA) is 55.9 Å². The Bertz CT molecular complexity index is 746. The second-order valence-corrected chi connectivity index (χ2v) is 9.04. The number of anilines is 1. The zero-order valence-corrected chi connectivity index (χ0v) is 18.1. The fraction of sp³-hybridized carbons (Fsp3) is 0.619. The summed E-state index contributed by atoms with van der Waals surface area (Å²) in [5.74, 6) is 0.393. The molecule has 7 heteroatoms. The fourth-order valence-corrected chi connectivity index (χ4v) is 4.04. The molecule has 0 spiro atoms. The molecule has 1 N–H and O–H groups in total. The van der Waals surface area contributed by atoms with Crippen LogP contribution < -0.4 is 10.2 Å². The summed E-state index contributed by atoms with van der Waals surface area (Å²) in [7, 11) is 0.